The third kappa shape index (κ3) is 7.23. The van der Waals surface area contributed by atoms with Crippen LogP contribution in [0.2, 0.25) is 5.02 Å². The Morgan fingerprint density at radius 1 is 1.00 bits per heavy atom. The molecule has 12 nitrogen and oxygen atoms in total. The van der Waals surface area contributed by atoms with Crippen molar-refractivity contribution in [3.63, 3.8) is 0 Å². The minimum Gasteiger partial charge on any atom is -0.481 e. The smallest absolute Gasteiger partial charge is 0.310 e. The molecule has 13 heteroatoms. The van der Waals surface area contributed by atoms with Gasteiger partial charge in [-0.05, 0) is 85.8 Å². The molecule has 2 bridgehead atoms. The van der Waals surface area contributed by atoms with Crippen molar-refractivity contribution in [3.8, 4) is 40.0 Å². The van der Waals surface area contributed by atoms with E-state index in [1.165, 1.54) is 5.56 Å². The number of hydrogen-bond acceptors (Lipinski definition) is 10. The SMILES string of the molecule is COc1nc(O[C@H]2CCc3c(-c4cccc(-c5cnc(CNC[C@@H]6CCC(=O)N6)c(OC)n5)c4C)cccc32)c(Cl)cc1CN1CC2(C(=O)O)CCC1CC2. The molecule has 1 amide bonds. The lowest BCUT2D eigenvalue weighted by molar-refractivity contribution is -0.160. The zero-order valence-corrected chi connectivity index (χ0v) is 32.2. The summed E-state index contributed by atoms with van der Waals surface area (Å²) in [5.74, 6) is 0.617. The van der Waals surface area contributed by atoms with Gasteiger partial charge in [0.1, 0.15) is 16.8 Å². The van der Waals surface area contributed by atoms with Gasteiger partial charge >= 0.3 is 5.97 Å². The van der Waals surface area contributed by atoms with Gasteiger partial charge in [-0.25, -0.2) is 4.98 Å². The van der Waals surface area contributed by atoms with E-state index in [2.05, 4.69) is 52.8 Å². The predicted octanol–water partition coefficient (Wildman–Crippen LogP) is 6.45. The van der Waals surface area contributed by atoms with Crippen LogP contribution in [0.1, 0.15) is 79.0 Å². The quantitative estimate of drug-likeness (QED) is 0.138. The van der Waals surface area contributed by atoms with E-state index >= 15 is 0 Å². The molecule has 0 radical (unpaired) electrons. The number of amides is 1. The van der Waals surface area contributed by atoms with Crippen LogP contribution < -0.4 is 24.8 Å². The third-order valence-corrected chi connectivity index (χ3v) is 12.4. The molecule has 3 aliphatic heterocycles. The van der Waals surface area contributed by atoms with Crippen molar-refractivity contribution in [2.45, 2.75) is 89.6 Å². The molecule has 288 valence electrons. The second kappa shape index (κ2) is 15.4. The molecular formula is C42H47ClN6O6. The van der Waals surface area contributed by atoms with Crippen LogP contribution in [0.25, 0.3) is 22.4 Å². The maximum Gasteiger partial charge on any atom is 0.310 e. The summed E-state index contributed by atoms with van der Waals surface area (Å²) in [6.07, 6.45) is 7.75. The number of benzene rings is 2. The number of nitrogens with zero attached hydrogens (tertiary/aromatic N) is 4. The molecule has 9 rings (SSSR count). The lowest BCUT2D eigenvalue weighted by Gasteiger charge is -2.50. The highest BCUT2D eigenvalue weighted by Gasteiger charge is 2.49. The van der Waals surface area contributed by atoms with Crippen LogP contribution in [-0.4, -0.2) is 76.2 Å². The molecule has 4 fully saturated rings. The molecule has 3 N–H and O–H groups in total. The molecule has 2 aromatic carbocycles. The molecule has 55 heavy (non-hydrogen) atoms. The van der Waals surface area contributed by atoms with Crippen LogP contribution >= 0.6 is 11.6 Å². The average molecular weight is 767 g/mol. The van der Waals surface area contributed by atoms with Gasteiger partial charge in [-0.1, -0.05) is 48.0 Å². The summed E-state index contributed by atoms with van der Waals surface area (Å²) in [5.41, 5.74) is 8.21. The maximum atomic E-state index is 12.2. The van der Waals surface area contributed by atoms with Gasteiger partial charge in [-0.2, -0.15) is 4.98 Å². The molecule has 5 heterocycles. The number of rotatable bonds is 13. The highest BCUT2D eigenvalue weighted by Crippen LogP contribution is 2.47. The number of pyridine rings is 1. The Balaban J connectivity index is 0.994. The molecule has 0 unspecified atom stereocenters. The first-order valence-corrected chi connectivity index (χ1v) is 19.5. The molecular weight excluding hydrogens is 720 g/mol. The molecule has 1 saturated carbocycles. The first-order valence-electron chi connectivity index (χ1n) is 19.2. The Morgan fingerprint density at radius 3 is 2.51 bits per heavy atom. The number of carboxylic acids is 1. The summed E-state index contributed by atoms with van der Waals surface area (Å²) < 4.78 is 18.0. The Hall–Kier alpha value is -4.78. The standard InChI is InChI=1S/C42H47ClN6O6/c1-24-28(6-4-7-29(24)34-21-45-35(40(47-34)54-3)20-44-19-26-10-13-37(50)46-26)30-8-5-9-32-31(30)11-12-36(32)55-39-33(43)18-25(38(48-39)53-2)22-49-23-42(41(51)52)16-14-27(49)15-17-42/h4-9,18,21,26-27,36,44H,10-17,19-20,22-23H2,1-3H3,(H,46,50)(H,51,52)/t26-,27?,36-,42?/m0/s1. The lowest BCUT2D eigenvalue weighted by atomic mass is 9.67. The van der Waals surface area contributed by atoms with E-state index in [-0.39, 0.29) is 18.1 Å². The Morgan fingerprint density at radius 2 is 1.76 bits per heavy atom. The largest absolute Gasteiger partial charge is 0.481 e. The van der Waals surface area contributed by atoms with Crippen LogP contribution in [0.5, 0.6) is 17.6 Å². The summed E-state index contributed by atoms with van der Waals surface area (Å²) in [6, 6.07) is 14.9. The van der Waals surface area contributed by atoms with Crippen LogP contribution in [-0.2, 0) is 29.1 Å². The van der Waals surface area contributed by atoms with Gasteiger partial charge in [0.15, 0.2) is 0 Å². The second-order valence-electron chi connectivity index (χ2n) is 15.3. The zero-order chi connectivity index (χ0) is 38.3. The second-order valence-corrected chi connectivity index (χ2v) is 15.7. The van der Waals surface area contributed by atoms with Crippen molar-refractivity contribution in [2.24, 2.45) is 5.41 Å². The van der Waals surface area contributed by atoms with Crippen LogP contribution in [0.4, 0.5) is 0 Å². The molecule has 2 aromatic heterocycles. The molecule has 4 aromatic rings. The molecule has 5 aliphatic rings. The van der Waals surface area contributed by atoms with E-state index in [4.69, 9.17) is 40.8 Å². The van der Waals surface area contributed by atoms with Crippen LogP contribution in [0.3, 0.4) is 0 Å². The molecule has 0 spiro atoms. The minimum absolute atomic E-state index is 0.0971. The van der Waals surface area contributed by atoms with Crippen molar-refractivity contribution in [3.05, 3.63) is 81.6 Å². The fourth-order valence-corrected chi connectivity index (χ4v) is 9.30. The Labute approximate surface area is 326 Å². The zero-order valence-electron chi connectivity index (χ0n) is 31.5. The van der Waals surface area contributed by atoms with E-state index < -0.39 is 11.4 Å². The van der Waals surface area contributed by atoms with E-state index in [0.29, 0.717) is 67.0 Å². The van der Waals surface area contributed by atoms with Crippen molar-refractivity contribution < 1.29 is 28.9 Å². The summed E-state index contributed by atoms with van der Waals surface area (Å²) in [5, 5.41) is 16.8. The number of nitrogens with one attached hydrogen (secondary N) is 2. The monoisotopic (exact) mass is 766 g/mol. The predicted molar refractivity (Wildman–Crippen MR) is 207 cm³/mol. The van der Waals surface area contributed by atoms with Crippen molar-refractivity contribution in [1.29, 1.82) is 0 Å². The first-order chi connectivity index (χ1) is 26.7. The maximum absolute atomic E-state index is 12.2. The summed E-state index contributed by atoms with van der Waals surface area (Å²) >= 11 is 6.86. The van der Waals surface area contributed by atoms with Crippen molar-refractivity contribution >= 4 is 23.5 Å². The van der Waals surface area contributed by atoms with Gasteiger partial charge in [0, 0.05) is 55.8 Å². The summed E-state index contributed by atoms with van der Waals surface area (Å²) in [4.78, 5) is 40.3. The number of aromatic nitrogens is 3. The minimum atomic E-state index is -0.705. The van der Waals surface area contributed by atoms with Crippen LogP contribution in [0.15, 0.2) is 48.7 Å². The highest BCUT2D eigenvalue weighted by molar-refractivity contribution is 6.31. The van der Waals surface area contributed by atoms with E-state index in [1.54, 1.807) is 20.4 Å². The molecule has 2 atom stereocenters. The number of methoxy groups -OCH3 is 2. The number of carbonyl (C=O) groups excluding carboxylic acids is 1. The normalized spacial score (nSPS) is 23.1. The number of carbonyl (C=O) groups is 2. The summed E-state index contributed by atoms with van der Waals surface area (Å²) in [6.45, 7) is 4.29. The molecule has 3 saturated heterocycles. The van der Waals surface area contributed by atoms with Gasteiger partial charge in [-0.3, -0.25) is 19.5 Å². The van der Waals surface area contributed by atoms with Gasteiger partial charge in [-0.15, -0.1) is 0 Å². The van der Waals surface area contributed by atoms with Gasteiger partial charge in [0.05, 0.1) is 31.5 Å². The van der Waals surface area contributed by atoms with Crippen molar-refractivity contribution in [1.82, 2.24) is 30.5 Å². The van der Waals surface area contributed by atoms with Gasteiger partial charge in [0.25, 0.3) is 0 Å². The average Bonchev–Trinajstić information content (AvgIpc) is 3.81. The fourth-order valence-electron chi connectivity index (χ4n) is 9.09. The number of fused-ring (bicyclic) bond motifs is 4. The Kier molecular flexibility index (Phi) is 10.4. The highest BCUT2D eigenvalue weighted by atomic mass is 35.5. The number of ether oxygens (including phenoxy) is 3. The van der Waals surface area contributed by atoms with E-state index in [1.807, 2.05) is 12.1 Å². The number of hydrogen-bond donors (Lipinski definition) is 3. The fraction of sp³-hybridized carbons (Fsp3) is 0.452. The van der Waals surface area contributed by atoms with Crippen molar-refractivity contribution in [2.75, 3.05) is 27.3 Å². The Bertz CT molecular complexity index is 2120. The summed E-state index contributed by atoms with van der Waals surface area (Å²) in [7, 11) is 3.19. The van der Waals surface area contributed by atoms with E-state index in [0.717, 1.165) is 84.0 Å². The third-order valence-electron chi connectivity index (χ3n) is 12.1. The molecule has 2 aliphatic carbocycles. The lowest BCUT2D eigenvalue weighted by Crippen LogP contribution is -2.56. The van der Waals surface area contributed by atoms with E-state index in [9.17, 15) is 14.7 Å². The first kappa shape index (κ1) is 37.2. The number of carboxylic acid groups (broad SMARTS) is 1. The van der Waals surface area contributed by atoms with Gasteiger partial charge < -0.3 is 30.0 Å². The number of halogens is 1. The number of piperidine rings is 2. The topological polar surface area (TPSA) is 148 Å². The number of aliphatic carboxylic acids is 1. The van der Waals surface area contributed by atoms with Crippen LogP contribution in [0, 0.1) is 12.3 Å². The van der Waals surface area contributed by atoms with Gasteiger partial charge in [0.2, 0.25) is 23.5 Å².